The third-order valence-electron chi connectivity index (χ3n) is 5.17. The maximum Gasteiger partial charge on any atom is 0.250 e. The van der Waals surface area contributed by atoms with E-state index in [0.29, 0.717) is 43.6 Å². The fourth-order valence-corrected chi connectivity index (χ4v) is 3.74. The summed E-state index contributed by atoms with van der Waals surface area (Å²) < 4.78 is 13.7. The van der Waals surface area contributed by atoms with Crippen LogP contribution in [0.4, 0.5) is 15.8 Å². The number of hydrogen-bond donors (Lipinski definition) is 2. The molecule has 0 unspecified atom stereocenters. The summed E-state index contributed by atoms with van der Waals surface area (Å²) in [7, 11) is 0. The third kappa shape index (κ3) is 4.46. The van der Waals surface area contributed by atoms with Gasteiger partial charge in [-0.1, -0.05) is 12.1 Å². The summed E-state index contributed by atoms with van der Waals surface area (Å²) in [6.07, 6.45) is 0. The molecule has 1 amide bonds. The van der Waals surface area contributed by atoms with Gasteiger partial charge >= 0.3 is 0 Å². The van der Waals surface area contributed by atoms with Crippen LogP contribution in [0.1, 0.15) is 5.56 Å². The fraction of sp³-hybridized carbons (Fsp3) is 0.273. The largest absolute Gasteiger partial charge is 0.368 e. The number of nitrogens with one attached hydrogen (secondary N) is 2. The van der Waals surface area contributed by atoms with Gasteiger partial charge in [0.05, 0.1) is 17.7 Å². The molecule has 0 radical (unpaired) electrons. The van der Waals surface area contributed by atoms with Crippen molar-refractivity contribution in [3.8, 4) is 0 Å². The van der Waals surface area contributed by atoms with Crippen LogP contribution in [0.3, 0.4) is 0 Å². The Bertz CT molecular complexity index is 1100. The molecule has 150 valence electrons. The van der Waals surface area contributed by atoms with Crippen LogP contribution in [0.25, 0.3) is 10.9 Å². The van der Waals surface area contributed by atoms with Crippen molar-refractivity contribution in [2.75, 3.05) is 42.9 Å². The topological polar surface area (TPSA) is 68.4 Å². The quantitative estimate of drug-likeness (QED) is 0.714. The van der Waals surface area contributed by atoms with Gasteiger partial charge in [0.15, 0.2) is 0 Å². The summed E-state index contributed by atoms with van der Waals surface area (Å²) in [5.41, 5.74) is 3.03. The summed E-state index contributed by atoms with van der Waals surface area (Å²) in [6, 6.07) is 13.6. The molecular weight excluding hydrogens is 371 g/mol. The highest BCUT2D eigenvalue weighted by molar-refractivity contribution is 5.93. The molecule has 1 saturated heterocycles. The van der Waals surface area contributed by atoms with Gasteiger partial charge in [-0.3, -0.25) is 14.5 Å². The number of aromatic nitrogens is 1. The van der Waals surface area contributed by atoms with E-state index in [1.165, 1.54) is 18.2 Å². The number of nitrogens with zero attached hydrogens (tertiary/aromatic N) is 2. The lowest BCUT2D eigenvalue weighted by Crippen LogP contribution is -2.49. The minimum atomic E-state index is -0.336. The lowest BCUT2D eigenvalue weighted by atomic mass is 10.1. The lowest BCUT2D eigenvalue weighted by molar-refractivity contribution is -0.117. The molecule has 2 heterocycles. The van der Waals surface area contributed by atoms with Gasteiger partial charge in [0.1, 0.15) is 5.82 Å². The van der Waals surface area contributed by atoms with Gasteiger partial charge in [-0.15, -0.1) is 0 Å². The van der Waals surface area contributed by atoms with Gasteiger partial charge in [-0.2, -0.15) is 0 Å². The molecule has 2 aromatic carbocycles. The van der Waals surface area contributed by atoms with Crippen molar-refractivity contribution in [3.05, 3.63) is 70.3 Å². The number of carbonyl (C=O) groups is 1. The lowest BCUT2D eigenvalue weighted by Gasteiger charge is -2.36. The van der Waals surface area contributed by atoms with E-state index in [9.17, 15) is 14.0 Å². The van der Waals surface area contributed by atoms with Gasteiger partial charge in [0, 0.05) is 43.3 Å². The molecule has 1 fully saturated rings. The predicted molar refractivity (Wildman–Crippen MR) is 113 cm³/mol. The van der Waals surface area contributed by atoms with E-state index in [1.54, 1.807) is 6.07 Å². The second kappa shape index (κ2) is 8.05. The molecule has 6 nitrogen and oxygen atoms in total. The van der Waals surface area contributed by atoms with Crippen molar-refractivity contribution >= 4 is 28.2 Å². The zero-order chi connectivity index (χ0) is 20.4. The average Bonchev–Trinajstić information content (AvgIpc) is 2.68. The van der Waals surface area contributed by atoms with Crippen LogP contribution in [0.2, 0.25) is 0 Å². The van der Waals surface area contributed by atoms with Crippen LogP contribution in [0, 0.1) is 12.7 Å². The summed E-state index contributed by atoms with van der Waals surface area (Å²) in [5.74, 6) is -0.384. The Morgan fingerprint density at radius 3 is 2.66 bits per heavy atom. The maximum absolute atomic E-state index is 13.7. The van der Waals surface area contributed by atoms with Crippen molar-refractivity contribution in [2.45, 2.75) is 6.92 Å². The molecule has 0 aliphatic carbocycles. The molecule has 2 N–H and O–H groups in total. The van der Waals surface area contributed by atoms with Gasteiger partial charge in [0.2, 0.25) is 11.5 Å². The zero-order valence-electron chi connectivity index (χ0n) is 16.2. The highest BCUT2D eigenvalue weighted by Gasteiger charge is 2.21. The maximum atomic E-state index is 13.7. The highest BCUT2D eigenvalue weighted by Crippen LogP contribution is 2.25. The summed E-state index contributed by atoms with van der Waals surface area (Å²) >= 11 is 0. The van der Waals surface area contributed by atoms with Gasteiger partial charge in [-0.05, 0) is 42.8 Å². The van der Waals surface area contributed by atoms with Crippen LogP contribution in [0.5, 0.6) is 0 Å². The molecule has 4 rings (SSSR count). The second-order valence-electron chi connectivity index (χ2n) is 7.39. The summed E-state index contributed by atoms with van der Waals surface area (Å²) in [5, 5.41) is 3.62. The van der Waals surface area contributed by atoms with Crippen LogP contribution in [-0.2, 0) is 4.79 Å². The number of pyridine rings is 1. The third-order valence-corrected chi connectivity index (χ3v) is 5.17. The van der Waals surface area contributed by atoms with Crippen molar-refractivity contribution < 1.29 is 9.18 Å². The Hall–Kier alpha value is -3.19. The zero-order valence-corrected chi connectivity index (χ0v) is 16.2. The SMILES string of the molecule is Cc1cccc(NC(=O)CN2CCN(c3cc(=O)[nH]c4ccc(F)cc34)CC2)c1. The standard InChI is InChI=1S/C22H23FN4O2/c1-15-3-2-4-17(11-15)24-22(29)14-26-7-9-27(10-8-26)20-13-21(28)25-19-6-5-16(23)12-18(19)20/h2-6,11-13H,7-10,14H2,1H3,(H,24,29)(H,25,28). The number of halogens is 1. The van der Waals surface area contributed by atoms with Gasteiger partial charge in [-0.25, -0.2) is 4.39 Å². The molecule has 1 aromatic heterocycles. The van der Waals surface area contributed by atoms with Crippen LogP contribution >= 0.6 is 0 Å². The highest BCUT2D eigenvalue weighted by atomic mass is 19.1. The molecule has 0 saturated carbocycles. The van der Waals surface area contributed by atoms with Crippen molar-refractivity contribution in [3.63, 3.8) is 0 Å². The summed E-state index contributed by atoms with van der Waals surface area (Å²) in [6.45, 7) is 4.99. The van der Waals surface area contributed by atoms with Crippen molar-refractivity contribution in [2.24, 2.45) is 0 Å². The van der Waals surface area contributed by atoms with Gasteiger partial charge in [0.25, 0.3) is 0 Å². The number of fused-ring (bicyclic) bond motifs is 1. The Morgan fingerprint density at radius 2 is 1.90 bits per heavy atom. The second-order valence-corrected chi connectivity index (χ2v) is 7.39. The smallest absolute Gasteiger partial charge is 0.250 e. The number of benzene rings is 2. The van der Waals surface area contributed by atoms with E-state index in [-0.39, 0.29) is 17.3 Å². The number of amides is 1. The van der Waals surface area contributed by atoms with E-state index in [2.05, 4.69) is 20.1 Å². The van der Waals surface area contributed by atoms with Crippen LogP contribution in [-0.4, -0.2) is 48.5 Å². The average molecular weight is 394 g/mol. The first kappa shape index (κ1) is 19.1. The normalized spacial score (nSPS) is 14.9. The molecule has 1 aliphatic rings. The minimum absolute atomic E-state index is 0.0484. The molecular formula is C22H23FN4O2. The Kier molecular flexibility index (Phi) is 5.31. The Balaban J connectivity index is 1.41. The number of carbonyl (C=O) groups excluding carboxylic acids is 1. The molecule has 0 spiro atoms. The molecule has 1 aliphatic heterocycles. The molecule has 0 bridgehead atoms. The predicted octanol–water partition coefficient (Wildman–Crippen LogP) is 2.74. The van der Waals surface area contributed by atoms with E-state index < -0.39 is 0 Å². The first-order chi connectivity index (χ1) is 14.0. The summed E-state index contributed by atoms with van der Waals surface area (Å²) in [4.78, 5) is 31.2. The first-order valence-corrected chi connectivity index (χ1v) is 9.64. The number of anilines is 2. The minimum Gasteiger partial charge on any atom is -0.368 e. The van der Waals surface area contributed by atoms with E-state index in [1.807, 2.05) is 31.2 Å². The number of aryl methyl sites for hydroxylation is 1. The number of piperazine rings is 1. The van der Waals surface area contributed by atoms with Gasteiger partial charge < -0.3 is 15.2 Å². The van der Waals surface area contributed by atoms with E-state index in [0.717, 1.165) is 16.9 Å². The number of H-pyrrole nitrogens is 1. The van der Waals surface area contributed by atoms with Crippen molar-refractivity contribution in [1.29, 1.82) is 0 Å². The van der Waals surface area contributed by atoms with Crippen LogP contribution in [0.15, 0.2) is 53.3 Å². The molecule has 7 heteroatoms. The van der Waals surface area contributed by atoms with E-state index in [4.69, 9.17) is 0 Å². The van der Waals surface area contributed by atoms with Crippen molar-refractivity contribution in [1.82, 2.24) is 9.88 Å². The van der Waals surface area contributed by atoms with Crippen LogP contribution < -0.4 is 15.8 Å². The molecule has 3 aromatic rings. The number of hydrogen-bond acceptors (Lipinski definition) is 4. The molecule has 0 atom stereocenters. The monoisotopic (exact) mass is 394 g/mol. The number of aromatic amines is 1. The molecule has 29 heavy (non-hydrogen) atoms. The number of rotatable bonds is 4. The Morgan fingerprint density at radius 1 is 1.10 bits per heavy atom. The van der Waals surface area contributed by atoms with E-state index >= 15 is 0 Å². The fourth-order valence-electron chi connectivity index (χ4n) is 3.74. The Labute approximate surface area is 167 Å². The first-order valence-electron chi connectivity index (χ1n) is 9.64.